The normalized spacial score (nSPS) is 29.2. The zero-order valence-corrected chi connectivity index (χ0v) is 13.8. The summed E-state index contributed by atoms with van der Waals surface area (Å²) in [5.41, 5.74) is 1.84. The van der Waals surface area contributed by atoms with Crippen molar-refractivity contribution in [2.45, 2.75) is 37.9 Å². The third-order valence-electron chi connectivity index (χ3n) is 5.47. The van der Waals surface area contributed by atoms with Gasteiger partial charge in [0, 0.05) is 37.5 Å². The van der Waals surface area contributed by atoms with Gasteiger partial charge in [0.1, 0.15) is 0 Å². The van der Waals surface area contributed by atoms with Gasteiger partial charge in [-0.05, 0) is 36.5 Å². The zero-order chi connectivity index (χ0) is 16.5. The molecule has 2 heterocycles. The molecule has 4 rings (SSSR count). The van der Waals surface area contributed by atoms with Crippen LogP contribution >= 0.6 is 0 Å². The van der Waals surface area contributed by atoms with Crippen LogP contribution in [0.3, 0.4) is 0 Å². The molecule has 1 aliphatic carbocycles. The number of likely N-dealkylation sites (tertiary alicyclic amines) is 1. The van der Waals surface area contributed by atoms with Crippen molar-refractivity contribution in [3.8, 4) is 6.07 Å². The summed E-state index contributed by atoms with van der Waals surface area (Å²) in [6, 6.07) is 10.5. The summed E-state index contributed by atoms with van der Waals surface area (Å²) < 4.78 is 5.68. The highest BCUT2D eigenvalue weighted by molar-refractivity contribution is 5.77. The molecule has 3 atom stereocenters. The Hall–Kier alpha value is -1.90. The molecule has 5 nitrogen and oxygen atoms in total. The van der Waals surface area contributed by atoms with E-state index in [1.807, 2.05) is 18.2 Å². The summed E-state index contributed by atoms with van der Waals surface area (Å²) in [6.45, 7) is 3.13. The van der Waals surface area contributed by atoms with Gasteiger partial charge in [0.05, 0.1) is 24.8 Å². The highest BCUT2D eigenvalue weighted by Crippen LogP contribution is 2.34. The number of nitriles is 1. The van der Waals surface area contributed by atoms with E-state index in [1.165, 1.54) is 12.8 Å². The summed E-state index contributed by atoms with van der Waals surface area (Å²) in [5.74, 6) is 1.20. The van der Waals surface area contributed by atoms with E-state index in [-0.39, 0.29) is 11.9 Å². The minimum absolute atomic E-state index is 0.183. The first-order valence-electron chi connectivity index (χ1n) is 8.83. The number of rotatable bonds is 5. The number of amides is 1. The number of hydrogen-bond donors (Lipinski definition) is 1. The summed E-state index contributed by atoms with van der Waals surface area (Å²) in [6.07, 6.45) is 3.09. The Balaban J connectivity index is 1.42. The molecule has 1 aromatic carbocycles. The average molecular weight is 325 g/mol. The molecule has 1 aromatic rings. The Bertz CT molecular complexity index is 665. The molecule has 1 saturated carbocycles. The summed E-state index contributed by atoms with van der Waals surface area (Å²) in [4.78, 5) is 14.6. The molecule has 2 aliphatic heterocycles. The SMILES string of the molecule is N#Cc1cccc(CN2C[C@@H](NC(=O)CC3CC3)[C@H]3COC[C@H]32)c1. The second-order valence-corrected chi connectivity index (χ2v) is 7.33. The van der Waals surface area contributed by atoms with E-state index in [4.69, 9.17) is 10.00 Å². The minimum atomic E-state index is 0.183. The van der Waals surface area contributed by atoms with Crippen molar-refractivity contribution in [2.24, 2.45) is 11.8 Å². The minimum Gasteiger partial charge on any atom is -0.379 e. The molecule has 3 aliphatic rings. The molecule has 1 N–H and O–H groups in total. The number of nitrogens with one attached hydrogen (secondary N) is 1. The van der Waals surface area contributed by atoms with E-state index in [9.17, 15) is 4.79 Å². The second-order valence-electron chi connectivity index (χ2n) is 7.33. The van der Waals surface area contributed by atoms with E-state index in [1.54, 1.807) is 0 Å². The molecule has 2 saturated heterocycles. The lowest BCUT2D eigenvalue weighted by atomic mass is 9.99. The van der Waals surface area contributed by atoms with Crippen LogP contribution in [0.1, 0.15) is 30.4 Å². The third kappa shape index (κ3) is 3.31. The van der Waals surface area contributed by atoms with Crippen LogP contribution in [0.4, 0.5) is 0 Å². The van der Waals surface area contributed by atoms with E-state index in [0.29, 0.717) is 29.9 Å². The summed E-state index contributed by atoms with van der Waals surface area (Å²) >= 11 is 0. The van der Waals surface area contributed by atoms with Crippen molar-refractivity contribution >= 4 is 5.91 Å². The maximum absolute atomic E-state index is 12.2. The Kier molecular flexibility index (Phi) is 4.26. The number of carbonyl (C=O) groups is 1. The van der Waals surface area contributed by atoms with E-state index < -0.39 is 0 Å². The maximum atomic E-state index is 12.2. The van der Waals surface area contributed by atoms with Crippen LogP contribution in [0.15, 0.2) is 24.3 Å². The molecule has 126 valence electrons. The predicted octanol–water partition coefficient (Wildman–Crippen LogP) is 1.67. The highest BCUT2D eigenvalue weighted by atomic mass is 16.5. The third-order valence-corrected chi connectivity index (χ3v) is 5.47. The van der Waals surface area contributed by atoms with Crippen LogP contribution in [0, 0.1) is 23.2 Å². The number of benzene rings is 1. The summed E-state index contributed by atoms with van der Waals surface area (Å²) in [5, 5.41) is 12.3. The lowest BCUT2D eigenvalue weighted by Crippen LogP contribution is -2.41. The molecule has 1 amide bonds. The number of fused-ring (bicyclic) bond motifs is 1. The molecule has 0 unspecified atom stereocenters. The van der Waals surface area contributed by atoms with Gasteiger partial charge < -0.3 is 10.1 Å². The second kappa shape index (κ2) is 6.54. The quantitative estimate of drug-likeness (QED) is 0.894. The van der Waals surface area contributed by atoms with Crippen LogP contribution in [0.5, 0.6) is 0 Å². The fourth-order valence-corrected chi connectivity index (χ4v) is 4.00. The number of ether oxygens (including phenoxy) is 1. The lowest BCUT2D eigenvalue weighted by Gasteiger charge is -2.22. The average Bonchev–Trinajstić information content (AvgIpc) is 3.15. The number of carbonyl (C=O) groups excluding carboxylic acids is 1. The highest BCUT2D eigenvalue weighted by Gasteiger charge is 2.45. The van der Waals surface area contributed by atoms with Crippen LogP contribution < -0.4 is 5.32 Å². The van der Waals surface area contributed by atoms with Crippen molar-refractivity contribution < 1.29 is 9.53 Å². The van der Waals surface area contributed by atoms with Crippen molar-refractivity contribution in [1.29, 1.82) is 5.26 Å². The van der Waals surface area contributed by atoms with Gasteiger partial charge in [-0.2, -0.15) is 5.26 Å². The molecule has 24 heavy (non-hydrogen) atoms. The molecule has 5 heteroatoms. The fourth-order valence-electron chi connectivity index (χ4n) is 4.00. The van der Waals surface area contributed by atoms with Crippen LogP contribution in [-0.4, -0.2) is 42.6 Å². The first-order valence-corrected chi connectivity index (χ1v) is 8.83. The lowest BCUT2D eigenvalue weighted by molar-refractivity contribution is -0.122. The van der Waals surface area contributed by atoms with E-state index >= 15 is 0 Å². The van der Waals surface area contributed by atoms with Crippen LogP contribution in [-0.2, 0) is 16.1 Å². The largest absolute Gasteiger partial charge is 0.379 e. The smallest absolute Gasteiger partial charge is 0.220 e. The van der Waals surface area contributed by atoms with Gasteiger partial charge in [-0.1, -0.05) is 12.1 Å². The van der Waals surface area contributed by atoms with Crippen molar-refractivity contribution in [2.75, 3.05) is 19.8 Å². The number of nitrogens with zero attached hydrogens (tertiary/aromatic N) is 2. The number of hydrogen-bond acceptors (Lipinski definition) is 4. The first-order chi connectivity index (χ1) is 11.7. The van der Waals surface area contributed by atoms with Crippen LogP contribution in [0.25, 0.3) is 0 Å². The van der Waals surface area contributed by atoms with Gasteiger partial charge in [0.15, 0.2) is 0 Å². The van der Waals surface area contributed by atoms with Crippen molar-refractivity contribution in [3.63, 3.8) is 0 Å². The van der Waals surface area contributed by atoms with Crippen molar-refractivity contribution in [3.05, 3.63) is 35.4 Å². The predicted molar refractivity (Wildman–Crippen MR) is 88.9 cm³/mol. The zero-order valence-electron chi connectivity index (χ0n) is 13.8. The molecule has 0 spiro atoms. The van der Waals surface area contributed by atoms with Crippen molar-refractivity contribution in [1.82, 2.24) is 10.2 Å². The first kappa shape index (κ1) is 15.6. The maximum Gasteiger partial charge on any atom is 0.220 e. The van der Waals surface area contributed by atoms with Gasteiger partial charge in [-0.25, -0.2) is 0 Å². The molecule has 0 radical (unpaired) electrons. The fraction of sp³-hybridized carbons (Fsp3) is 0.579. The Morgan fingerprint density at radius 3 is 3.04 bits per heavy atom. The molecule has 0 aromatic heterocycles. The van der Waals surface area contributed by atoms with Crippen LogP contribution in [0.2, 0.25) is 0 Å². The summed E-state index contributed by atoms with van der Waals surface area (Å²) in [7, 11) is 0. The Morgan fingerprint density at radius 2 is 2.25 bits per heavy atom. The van der Waals surface area contributed by atoms with Gasteiger partial charge in [0.2, 0.25) is 5.91 Å². The van der Waals surface area contributed by atoms with Gasteiger partial charge in [-0.15, -0.1) is 0 Å². The molecule has 3 fully saturated rings. The molecular formula is C19H23N3O2. The van der Waals surface area contributed by atoms with Gasteiger partial charge in [0.25, 0.3) is 0 Å². The Labute approximate surface area is 142 Å². The van der Waals surface area contributed by atoms with E-state index in [2.05, 4.69) is 22.4 Å². The topological polar surface area (TPSA) is 65.4 Å². The van der Waals surface area contributed by atoms with E-state index in [0.717, 1.165) is 31.9 Å². The van der Waals surface area contributed by atoms with Gasteiger partial charge in [-0.3, -0.25) is 9.69 Å². The molecular weight excluding hydrogens is 302 g/mol. The van der Waals surface area contributed by atoms with Gasteiger partial charge >= 0.3 is 0 Å². The Morgan fingerprint density at radius 1 is 1.38 bits per heavy atom. The molecule has 0 bridgehead atoms. The monoisotopic (exact) mass is 325 g/mol. The standard InChI is InChI=1S/C19H23N3O2/c20-8-14-2-1-3-15(6-14)9-22-10-17(16-11-24-12-18(16)22)21-19(23)7-13-4-5-13/h1-3,6,13,16-18H,4-5,7,9-12H2,(H,21,23)/t16-,17-,18-/m1/s1.